The molecule has 5 fully saturated rings. The molecule has 0 aromatic heterocycles. The van der Waals surface area contributed by atoms with Crippen LogP contribution in [0.15, 0.2) is 12.2 Å². The predicted molar refractivity (Wildman–Crippen MR) is 122 cm³/mol. The second-order valence-corrected chi connectivity index (χ2v) is 12.1. The van der Waals surface area contributed by atoms with Gasteiger partial charge >= 0.3 is 5.97 Å². The number of esters is 1. The van der Waals surface area contributed by atoms with Gasteiger partial charge in [0.1, 0.15) is 24.4 Å². The van der Waals surface area contributed by atoms with Gasteiger partial charge in [-0.1, -0.05) is 19.9 Å². The number of hydrogen-bond acceptors (Lipinski definition) is 9. The fraction of sp³-hybridized carbons (Fsp3) is 0.846. The number of carbonyl (C=O) groups is 2. The van der Waals surface area contributed by atoms with E-state index >= 15 is 0 Å². The summed E-state index contributed by atoms with van der Waals surface area (Å²) in [7, 11) is 0. The molecule has 5 N–H and O–H groups in total. The van der Waals surface area contributed by atoms with Crippen molar-refractivity contribution in [1.82, 2.24) is 0 Å². The number of aliphatic hydroxyl groups excluding tert-OH is 4. The molecule has 4 saturated carbocycles. The molecule has 196 valence electrons. The second-order valence-electron chi connectivity index (χ2n) is 12.1. The van der Waals surface area contributed by atoms with Gasteiger partial charge in [0.25, 0.3) is 0 Å². The molecule has 5 rings (SSSR count). The van der Waals surface area contributed by atoms with Crippen LogP contribution in [0.3, 0.4) is 0 Å². The summed E-state index contributed by atoms with van der Waals surface area (Å²) in [5.41, 5.74) is -3.18. The Morgan fingerprint density at radius 1 is 1.09 bits per heavy atom. The predicted octanol–water partition coefficient (Wildman–Crippen LogP) is 0.592. The van der Waals surface area contributed by atoms with Crippen LogP contribution >= 0.6 is 0 Å². The lowest BCUT2D eigenvalue weighted by Gasteiger charge is -2.66. The largest absolute Gasteiger partial charge is 0.432 e. The van der Waals surface area contributed by atoms with Crippen molar-refractivity contribution < 1.29 is 44.6 Å². The molecule has 4 aliphatic carbocycles. The molecule has 0 aromatic carbocycles. The molecule has 0 radical (unpaired) electrons. The molecular formula is C26H38O9. The summed E-state index contributed by atoms with van der Waals surface area (Å²) < 4.78 is 11.0. The van der Waals surface area contributed by atoms with Gasteiger partial charge in [-0.15, -0.1) is 0 Å². The molecule has 0 unspecified atom stereocenters. The minimum absolute atomic E-state index is 0.0154. The first-order valence-electron chi connectivity index (χ1n) is 12.8. The number of allylic oxidation sites excluding steroid dienone is 1. The number of ketones is 1. The molecule has 1 saturated heterocycles. The highest BCUT2D eigenvalue weighted by Gasteiger charge is 2.75. The monoisotopic (exact) mass is 494 g/mol. The van der Waals surface area contributed by atoms with Gasteiger partial charge in [-0.2, -0.15) is 0 Å². The highest BCUT2D eigenvalue weighted by Crippen LogP contribution is 2.73. The summed E-state index contributed by atoms with van der Waals surface area (Å²) in [6, 6.07) is 0. The second kappa shape index (κ2) is 8.07. The number of ether oxygens (including phenoxy) is 2. The molecule has 1 heterocycles. The minimum atomic E-state index is -1.67. The van der Waals surface area contributed by atoms with Gasteiger partial charge in [0.2, 0.25) is 6.29 Å². The number of Topliss-reactive ketones (excluding diaryl/α,β-unsaturated/α-hetero) is 1. The van der Waals surface area contributed by atoms with E-state index in [-0.39, 0.29) is 17.6 Å². The van der Waals surface area contributed by atoms with Crippen LogP contribution in [-0.2, 0) is 19.1 Å². The molecule has 2 bridgehead atoms. The molecule has 35 heavy (non-hydrogen) atoms. The fourth-order valence-electron chi connectivity index (χ4n) is 8.69. The van der Waals surface area contributed by atoms with Crippen molar-refractivity contribution in [2.24, 2.45) is 28.1 Å². The van der Waals surface area contributed by atoms with E-state index in [0.717, 1.165) is 0 Å². The molecule has 5 aliphatic rings. The quantitative estimate of drug-likeness (QED) is 0.280. The van der Waals surface area contributed by atoms with Crippen molar-refractivity contribution >= 4 is 11.8 Å². The summed E-state index contributed by atoms with van der Waals surface area (Å²) >= 11 is 0. The topological polar surface area (TPSA) is 154 Å². The summed E-state index contributed by atoms with van der Waals surface area (Å²) in [6.45, 7) is 7.24. The summed E-state index contributed by atoms with van der Waals surface area (Å²) in [5.74, 6) is -0.782. The lowest BCUT2D eigenvalue weighted by atomic mass is 9.38. The van der Waals surface area contributed by atoms with Crippen LogP contribution in [0.4, 0.5) is 0 Å². The van der Waals surface area contributed by atoms with E-state index in [2.05, 4.69) is 6.58 Å². The average Bonchev–Trinajstić information content (AvgIpc) is 3.03. The Kier molecular flexibility index (Phi) is 5.83. The van der Waals surface area contributed by atoms with Crippen molar-refractivity contribution in [1.29, 1.82) is 0 Å². The zero-order chi connectivity index (χ0) is 25.6. The maximum Gasteiger partial charge on any atom is 0.314 e. The normalized spacial score (nSPS) is 53.6. The number of hydrogen-bond donors (Lipinski definition) is 5. The Morgan fingerprint density at radius 2 is 1.80 bits per heavy atom. The highest BCUT2D eigenvalue weighted by atomic mass is 16.7. The summed E-state index contributed by atoms with van der Waals surface area (Å²) in [6.07, 6.45) is -2.86. The van der Waals surface area contributed by atoms with E-state index in [1.54, 1.807) is 0 Å². The van der Waals surface area contributed by atoms with E-state index in [9.17, 15) is 35.1 Å². The van der Waals surface area contributed by atoms with E-state index in [4.69, 9.17) is 9.47 Å². The van der Waals surface area contributed by atoms with E-state index in [1.165, 1.54) is 0 Å². The van der Waals surface area contributed by atoms with Crippen molar-refractivity contribution in [3.05, 3.63) is 12.2 Å². The van der Waals surface area contributed by atoms with E-state index in [0.29, 0.717) is 56.9 Å². The van der Waals surface area contributed by atoms with Gasteiger partial charge in [0.05, 0.1) is 23.0 Å². The van der Waals surface area contributed by atoms with Crippen molar-refractivity contribution in [2.45, 2.75) is 102 Å². The number of aliphatic hydroxyl groups is 5. The molecule has 9 nitrogen and oxygen atoms in total. The minimum Gasteiger partial charge on any atom is -0.432 e. The Balaban J connectivity index is 1.44. The van der Waals surface area contributed by atoms with Crippen LogP contribution in [0.25, 0.3) is 0 Å². The number of fused-ring (bicyclic) bond motifs is 3. The first-order chi connectivity index (χ1) is 16.4. The van der Waals surface area contributed by atoms with Gasteiger partial charge in [0, 0.05) is 5.41 Å². The van der Waals surface area contributed by atoms with Crippen molar-refractivity contribution in [3.63, 3.8) is 0 Å². The molecule has 0 aromatic rings. The molecule has 1 spiro atoms. The lowest BCUT2D eigenvalue weighted by Crippen LogP contribution is -2.70. The Morgan fingerprint density at radius 3 is 2.49 bits per heavy atom. The Labute approximate surface area is 205 Å². The molecule has 1 aliphatic heterocycles. The van der Waals surface area contributed by atoms with Gasteiger partial charge in [-0.05, 0) is 69.3 Å². The van der Waals surface area contributed by atoms with E-state index in [1.807, 2.05) is 13.8 Å². The SMILES string of the molecule is C=C1C(=O)[C@@]23CC[C@H]4[C@](C)(C(=O)O[C@H]5O[C@@H](CO)[C@H](O)[C@@H](O)[C@@H]5O)CCC[C@@]4(C)[C@]2(O)CC[C@@H]1C3. The van der Waals surface area contributed by atoms with Crippen molar-refractivity contribution in [3.8, 4) is 0 Å². The third-order valence-electron chi connectivity index (χ3n) is 10.7. The highest BCUT2D eigenvalue weighted by molar-refractivity contribution is 6.04. The van der Waals surface area contributed by atoms with Crippen LogP contribution in [0.2, 0.25) is 0 Å². The average molecular weight is 495 g/mol. The Hall–Kier alpha value is -1.36. The lowest BCUT2D eigenvalue weighted by molar-refractivity contribution is -0.300. The van der Waals surface area contributed by atoms with Gasteiger partial charge in [-0.3, -0.25) is 9.59 Å². The maximum absolute atomic E-state index is 13.7. The fourth-order valence-corrected chi connectivity index (χ4v) is 8.69. The Bertz CT molecular complexity index is 934. The van der Waals surface area contributed by atoms with Crippen molar-refractivity contribution in [2.75, 3.05) is 6.61 Å². The summed E-state index contributed by atoms with van der Waals surface area (Å²) in [5, 5.41) is 52.3. The molecule has 9 heteroatoms. The first-order valence-corrected chi connectivity index (χ1v) is 12.8. The van der Waals surface area contributed by atoms with Crippen LogP contribution in [0, 0.1) is 28.1 Å². The molecule has 0 amide bonds. The van der Waals surface area contributed by atoms with Gasteiger partial charge < -0.3 is 35.0 Å². The standard InChI is InChI=1S/C26H38O9/c1-13-14-5-10-26(33)24(3)8-4-7-23(2,16(24)6-9-25(26,11-14)20(13)31)22(32)35-21-19(30)18(29)17(28)15(12-27)34-21/h14-19,21,27-30,33H,1,4-12H2,2-3H3/t14-,15+,16+,17+,18-,19+,21-,23-,24-,25+,26-/m1/s1. The van der Waals surface area contributed by atoms with Crippen LogP contribution in [0.5, 0.6) is 0 Å². The smallest absolute Gasteiger partial charge is 0.314 e. The summed E-state index contributed by atoms with van der Waals surface area (Å²) in [4.78, 5) is 27.1. The zero-order valence-electron chi connectivity index (χ0n) is 20.5. The third kappa shape index (κ3) is 3.09. The third-order valence-corrected chi connectivity index (χ3v) is 10.7. The van der Waals surface area contributed by atoms with E-state index < -0.39 is 65.1 Å². The maximum atomic E-state index is 13.7. The van der Waals surface area contributed by atoms with Crippen LogP contribution in [-0.4, -0.2) is 80.2 Å². The van der Waals surface area contributed by atoms with Crippen LogP contribution in [0.1, 0.15) is 65.2 Å². The van der Waals surface area contributed by atoms with Gasteiger partial charge in [0.15, 0.2) is 5.78 Å². The van der Waals surface area contributed by atoms with Gasteiger partial charge in [-0.25, -0.2) is 0 Å². The number of carbonyl (C=O) groups excluding carboxylic acids is 2. The molecular weight excluding hydrogens is 456 g/mol. The first kappa shape index (κ1) is 25.3. The zero-order valence-corrected chi connectivity index (χ0v) is 20.5. The molecule has 11 atom stereocenters. The number of rotatable bonds is 3. The van der Waals surface area contributed by atoms with Crippen LogP contribution < -0.4 is 0 Å².